The van der Waals surface area contributed by atoms with E-state index in [2.05, 4.69) is 33.0 Å². The number of anilines is 1. The van der Waals surface area contributed by atoms with Gasteiger partial charge in [-0.3, -0.25) is 0 Å². The highest BCUT2D eigenvalue weighted by Crippen LogP contribution is 2.22. The number of nitrogens with zero attached hydrogens (tertiary/aromatic N) is 1. The first-order valence-electron chi connectivity index (χ1n) is 5.78. The van der Waals surface area contributed by atoms with Gasteiger partial charge < -0.3 is 11.5 Å². The molecule has 1 atom stereocenters. The molecule has 0 aliphatic heterocycles. The van der Waals surface area contributed by atoms with Crippen LogP contribution in [0.3, 0.4) is 0 Å². The van der Waals surface area contributed by atoms with E-state index in [0.717, 1.165) is 22.0 Å². The van der Waals surface area contributed by atoms with Crippen LogP contribution < -0.4 is 11.5 Å². The molecule has 1 aromatic carbocycles. The third kappa shape index (κ3) is 3.09. The number of aromatic nitrogens is 1. The van der Waals surface area contributed by atoms with Gasteiger partial charge in [0.1, 0.15) is 5.82 Å². The van der Waals surface area contributed by atoms with Crippen LogP contribution >= 0.6 is 15.9 Å². The monoisotopic (exact) mass is 305 g/mol. The first-order valence-corrected chi connectivity index (χ1v) is 6.57. The predicted molar refractivity (Wildman–Crippen MR) is 78.2 cm³/mol. The molecule has 0 saturated heterocycles. The van der Waals surface area contributed by atoms with Crippen LogP contribution in [0.5, 0.6) is 0 Å². The summed E-state index contributed by atoms with van der Waals surface area (Å²) < 4.78 is 1.07. The van der Waals surface area contributed by atoms with E-state index in [-0.39, 0.29) is 6.04 Å². The number of benzene rings is 1. The first kappa shape index (κ1) is 13.1. The van der Waals surface area contributed by atoms with Crippen LogP contribution in [-0.4, -0.2) is 4.98 Å². The number of aryl methyl sites for hydroxylation is 1. The molecule has 0 aliphatic carbocycles. The fourth-order valence-corrected chi connectivity index (χ4v) is 2.15. The van der Waals surface area contributed by atoms with Crippen molar-refractivity contribution in [3.05, 3.63) is 57.7 Å². The molecule has 2 rings (SSSR count). The van der Waals surface area contributed by atoms with E-state index in [4.69, 9.17) is 11.5 Å². The molecule has 0 saturated carbocycles. The number of nitrogens with two attached hydrogens (primary N) is 2. The van der Waals surface area contributed by atoms with Gasteiger partial charge in [0.25, 0.3) is 0 Å². The van der Waals surface area contributed by atoms with Gasteiger partial charge in [-0.05, 0) is 42.7 Å². The molecule has 0 aliphatic rings. The molecule has 4 heteroatoms. The van der Waals surface area contributed by atoms with Crippen molar-refractivity contribution in [1.29, 1.82) is 0 Å². The summed E-state index contributed by atoms with van der Waals surface area (Å²) in [5.41, 5.74) is 15.2. The molecule has 94 valence electrons. The summed E-state index contributed by atoms with van der Waals surface area (Å²) in [7, 11) is 0. The second kappa shape index (κ2) is 5.50. The SMILES string of the molecule is Cc1cnc(N)c(C(N)Cc2ccc(Br)cc2)c1. The molecule has 2 aromatic rings. The number of rotatable bonds is 3. The van der Waals surface area contributed by atoms with Gasteiger partial charge in [-0.15, -0.1) is 0 Å². The second-order valence-electron chi connectivity index (χ2n) is 4.42. The first-order chi connectivity index (χ1) is 8.56. The lowest BCUT2D eigenvalue weighted by Gasteiger charge is -2.14. The lowest BCUT2D eigenvalue weighted by molar-refractivity contribution is 0.720. The van der Waals surface area contributed by atoms with Gasteiger partial charge in [0, 0.05) is 22.3 Å². The molecule has 0 bridgehead atoms. The molecule has 0 amide bonds. The third-order valence-corrected chi connectivity index (χ3v) is 3.38. The van der Waals surface area contributed by atoms with Crippen LogP contribution in [0.15, 0.2) is 41.0 Å². The van der Waals surface area contributed by atoms with Gasteiger partial charge >= 0.3 is 0 Å². The molecule has 0 radical (unpaired) electrons. The Kier molecular flexibility index (Phi) is 3.99. The molecule has 0 spiro atoms. The van der Waals surface area contributed by atoms with Crippen molar-refractivity contribution in [2.75, 3.05) is 5.73 Å². The van der Waals surface area contributed by atoms with Gasteiger partial charge in [-0.25, -0.2) is 4.98 Å². The minimum Gasteiger partial charge on any atom is -0.383 e. The van der Waals surface area contributed by atoms with Crippen LogP contribution in [0.4, 0.5) is 5.82 Å². The zero-order valence-corrected chi connectivity index (χ0v) is 11.8. The number of hydrogen-bond donors (Lipinski definition) is 2. The van der Waals surface area contributed by atoms with Crippen molar-refractivity contribution in [3.8, 4) is 0 Å². The van der Waals surface area contributed by atoms with Crippen molar-refractivity contribution in [1.82, 2.24) is 4.98 Å². The molecule has 0 fully saturated rings. The van der Waals surface area contributed by atoms with Crippen LogP contribution in [0.1, 0.15) is 22.7 Å². The van der Waals surface area contributed by atoms with Crippen LogP contribution in [0, 0.1) is 6.92 Å². The lowest BCUT2D eigenvalue weighted by Crippen LogP contribution is -2.16. The van der Waals surface area contributed by atoms with E-state index < -0.39 is 0 Å². The average Bonchev–Trinajstić information content (AvgIpc) is 2.35. The normalized spacial score (nSPS) is 12.4. The Morgan fingerprint density at radius 2 is 1.94 bits per heavy atom. The fraction of sp³-hybridized carbons (Fsp3) is 0.214. The molecule has 1 heterocycles. The highest BCUT2D eigenvalue weighted by molar-refractivity contribution is 9.10. The van der Waals surface area contributed by atoms with E-state index in [9.17, 15) is 0 Å². The van der Waals surface area contributed by atoms with Crippen molar-refractivity contribution in [2.45, 2.75) is 19.4 Å². The van der Waals surface area contributed by atoms with E-state index in [1.54, 1.807) is 6.20 Å². The Balaban J connectivity index is 2.18. The summed E-state index contributed by atoms with van der Waals surface area (Å²) in [4.78, 5) is 4.15. The number of pyridine rings is 1. The topological polar surface area (TPSA) is 64.9 Å². The van der Waals surface area contributed by atoms with Gasteiger partial charge in [0.2, 0.25) is 0 Å². The Morgan fingerprint density at radius 3 is 2.61 bits per heavy atom. The average molecular weight is 306 g/mol. The van der Waals surface area contributed by atoms with E-state index in [0.29, 0.717) is 5.82 Å². The zero-order valence-electron chi connectivity index (χ0n) is 10.2. The predicted octanol–water partition coefficient (Wildman–Crippen LogP) is 2.98. The second-order valence-corrected chi connectivity index (χ2v) is 5.34. The number of hydrogen-bond acceptors (Lipinski definition) is 3. The quantitative estimate of drug-likeness (QED) is 0.916. The van der Waals surface area contributed by atoms with Crippen LogP contribution in [-0.2, 0) is 6.42 Å². The van der Waals surface area contributed by atoms with Crippen molar-refractivity contribution in [2.24, 2.45) is 5.73 Å². The summed E-state index contributed by atoms with van der Waals surface area (Å²) in [6.07, 6.45) is 2.51. The molecule has 3 nitrogen and oxygen atoms in total. The molecule has 1 unspecified atom stereocenters. The molecule has 4 N–H and O–H groups in total. The largest absolute Gasteiger partial charge is 0.383 e. The van der Waals surface area contributed by atoms with Crippen molar-refractivity contribution >= 4 is 21.7 Å². The maximum absolute atomic E-state index is 6.20. The summed E-state index contributed by atoms with van der Waals surface area (Å²) in [5.74, 6) is 0.519. The van der Waals surface area contributed by atoms with Crippen LogP contribution in [0.25, 0.3) is 0 Å². The zero-order chi connectivity index (χ0) is 13.1. The summed E-state index contributed by atoms with van der Waals surface area (Å²) in [6.45, 7) is 1.99. The highest BCUT2D eigenvalue weighted by atomic mass is 79.9. The summed E-state index contributed by atoms with van der Waals surface area (Å²) >= 11 is 3.42. The van der Waals surface area contributed by atoms with E-state index in [1.807, 2.05) is 25.1 Å². The minimum absolute atomic E-state index is 0.126. The summed E-state index contributed by atoms with van der Waals surface area (Å²) in [5, 5.41) is 0. The Bertz CT molecular complexity index is 537. The Hall–Kier alpha value is -1.39. The lowest BCUT2D eigenvalue weighted by atomic mass is 9.99. The minimum atomic E-state index is -0.126. The summed E-state index contributed by atoms with van der Waals surface area (Å²) in [6, 6.07) is 10.0. The maximum Gasteiger partial charge on any atom is 0.128 e. The third-order valence-electron chi connectivity index (χ3n) is 2.85. The molecular weight excluding hydrogens is 290 g/mol. The smallest absolute Gasteiger partial charge is 0.128 e. The van der Waals surface area contributed by atoms with E-state index in [1.165, 1.54) is 5.56 Å². The molecule has 1 aromatic heterocycles. The Morgan fingerprint density at radius 1 is 1.28 bits per heavy atom. The van der Waals surface area contributed by atoms with Gasteiger partial charge in [-0.2, -0.15) is 0 Å². The maximum atomic E-state index is 6.20. The Labute approximate surface area is 115 Å². The highest BCUT2D eigenvalue weighted by Gasteiger charge is 2.11. The number of nitrogen functional groups attached to an aromatic ring is 1. The molecule has 18 heavy (non-hydrogen) atoms. The van der Waals surface area contributed by atoms with Gasteiger partial charge in [-0.1, -0.05) is 28.1 Å². The molecular formula is C14H16BrN3. The van der Waals surface area contributed by atoms with Crippen molar-refractivity contribution in [3.63, 3.8) is 0 Å². The van der Waals surface area contributed by atoms with E-state index >= 15 is 0 Å². The standard InChI is InChI=1S/C14H16BrN3/c1-9-6-12(14(17)18-8-9)13(16)7-10-2-4-11(15)5-3-10/h2-6,8,13H,7,16H2,1H3,(H2,17,18). The van der Waals surface area contributed by atoms with Crippen LogP contribution in [0.2, 0.25) is 0 Å². The van der Waals surface area contributed by atoms with Gasteiger partial charge in [0.05, 0.1) is 0 Å². The number of halogens is 1. The van der Waals surface area contributed by atoms with Gasteiger partial charge in [0.15, 0.2) is 0 Å². The van der Waals surface area contributed by atoms with Crippen molar-refractivity contribution < 1.29 is 0 Å². The fourth-order valence-electron chi connectivity index (χ4n) is 1.88.